The lowest BCUT2D eigenvalue weighted by Crippen LogP contribution is -1.87. The van der Waals surface area contributed by atoms with E-state index < -0.39 is 11.6 Å². The van der Waals surface area contributed by atoms with Gasteiger partial charge in [0, 0.05) is 22.7 Å². The van der Waals surface area contributed by atoms with E-state index in [1.165, 1.54) is 6.20 Å². The van der Waals surface area contributed by atoms with Crippen molar-refractivity contribution >= 4 is 11.0 Å². The van der Waals surface area contributed by atoms with E-state index in [1.54, 1.807) is 12.3 Å². The van der Waals surface area contributed by atoms with E-state index in [1.807, 2.05) is 0 Å². The van der Waals surface area contributed by atoms with Gasteiger partial charge in [-0.05, 0) is 24.3 Å². The molecule has 17 heavy (non-hydrogen) atoms. The van der Waals surface area contributed by atoms with Crippen molar-refractivity contribution in [2.24, 2.45) is 0 Å². The fourth-order valence-electron chi connectivity index (χ4n) is 1.70. The highest BCUT2D eigenvalue weighted by Gasteiger charge is 2.08. The maximum atomic E-state index is 13.6. The van der Waals surface area contributed by atoms with Crippen LogP contribution < -0.4 is 0 Å². The van der Waals surface area contributed by atoms with Gasteiger partial charge in [0.15, 0.2) is 5.65 Å². The minimum atomic E-state index is -0.478. The first-order valence-corrected chi connectivity index (χ1v) is 4.98. The summed E-state index contributed by atoms with van der Waals surface area (Å²) in [6, 6.07) is 5.05. The number of H-pyrrole nitrogens is 1. The first-order chi connectivity index (χ1) is 8.24. The lowest BCUT2D eigenvalue weighted by atomic mass is 10.1. The van der Waals surface area contributed by atoms with Crippen LogP contribution >= 0.6 is 0 Å². The highest BCUT2D eigenvalue weighted by atomic mass is 19.1. The minimum Gasteiger partial charge on any atom is -0.261 e. The number of aromatic nitrogens is 3. The Bertz CT molecular complexity index is 691. The fraction of sp³-hybridized carbons (Fsp3) is 0. The number of benzene rings is 1. The molecule has 0 amide bonds. The highest BCUT2D eigenvalue weighted by Crippen LogP contribution is 2.25. The number of pyridine rings is 1. The topological polar surface area (TPSA) is 41.6 Å². The van der Waals surface area contributed by atoms with E-state index in [9.17, 15) is 8.78 Å². The van der Waals surface area contributed by atoms with Crippen molar-refractivity contribution in [3.8, 4) is 11.1 Å². The van der Waals surface area contributed by atoms with Gasteiger partial charge in [0.1, 0.15) is 11.6 Å². The molecule has 0 bridgehead atoms. The Morgan fingerprint density at radius 2 is 1.94 bits per heavy atom. The van der Waals surface area contributed by atoms with Crippen LogP contribution in [0.2, 0.25) is 0 Å². The standard InChI is InChI=1S/C12H7F2N3/c13-9-1-2-11(14)10(4-9)7-3-8-6-16-17-12(8)15-5-7/h1-6H,(H,15,16,17). The smallest absolute Gasteiger partial charge is 0.155 e. The SMILES string of the molecule is Fc1ccc(F)c(-c2cnc3[nH]ncc3c2)c1. The average Bonchev–Trinajstić information content (AvgIpc) is 2.79. The second-order valence-corrected chi connectivity index (χ2v) is 3.66. The summed E-state index contributed by atoms with van der Waals surface area (Å²) in [6.07, 6.45) is 3.07. The summed E-state index contributed by atoms with van der Waals surface area (Å²) in [6.45, 7) is 0. The zero-order valence-electron chi connectivity index (χ0n) is 8.61. The molecule has 0 aliphatic heterocycles. The van der Waals surface area contributed by atoms with Gasteiger partial charge in [-0.3, -0.25) is 5.10 Å². The number of aromatic amines is 1. The predicted octanol–water partition coefficient (Wildman–Crippen LogP) is 2.90. The van der Waals surface area contributed by atoms with Crippen molar-refractivity contribution in [3.05, 3.63) is 48.3 Å². The Morgan fingerprint density at radius 1 is 1.06 bits per heavy atom. The van der Waals surface area contributed by atoms with Gasteiger partial charge in [-0.15, -0.1) is 0 Å². The molecule has 1 N–H and O–H groups in total. The van der Waals surface area contributed by atoms with Gasteiger partial charge in [-0.2, -0.15) is 5.10 Å². The Hall–Kier alpha value is -2.30. The lowest BCUT2D eigenvalue weighted by molar-refractivity contribution is 0.603. The zero-order valence-corrected chi connectivity index (χ0v) is 8.61. The number of nitrogens with one attached hydrogen (secondary N) is 1. The molecule has 5 heteroatoms. The molecule has 0 radical (unpaired) electrons. The first-order valence-electron chi connectivity index (χ1n) is 4.98. The summed E-state index contributed by atoms with van der Waals surface area (Å²) in [5.41, 5.74) is 1.34. The Morgan fingerprint density at radius 3 is 2.82 bits per heavy atom. The number of rotatable bonds is 1. The summed E-state index contributed by atoms with van der Waals surface area (Å²) in [5.74, 6) is -0.954. The van der Waals surface area contributed by atoms with Gasteiger partial charge in [-0.1, -0.05) is 0 Å². The van der Waals surface area contributed by atoms with Crippen LogP contribution in [0.5, 0.6) is 0 Å². The molecule has 0 aliphatic rings. The number of hydrogen-bond donors (Lipinski definition) is 1. The summed E-state index contributed by atoms with van der Waals surface area (Å²) in [7, 11) is 0. The van der Waals surface area contributed by atoms with Crippen LogP contribution in [-0.4, -0.2) is 15.2 Å². The molecule has 0 unspecified atom stereocenters. The second kappa shape index (κ2) is 3.62. The molecule has 0 fully saturated rings. The molecule has 3 rings (SSSR count). The maximum absolute atomic E-state index is 13.6. The molecule has 3 aromatic rings. The second-order valence-electron chi connectivity index (χ2n) is 3.66. The Kier molecular flexibility index (Phi) is 2.11. The third-order valence-electron chi connectivity index (χ3n) is 2.53. The van der Waals surface area contributed by atoms with Crippen molar-refractivity contribution in [2.75, 3.05) is 0 Å². The minimum absolute atomic E-state index is 0.195. The Labute approximate surface area is 95.1 Å². The molecule has 0 aliphatic carbocycles. The van der Waals surface area contributed by atoms with Crippen molar-refractivity contribution in [3.63, 3.8) is 0 Å². The van der Waals surface area contributed by atoms with Crippen LogP contribution in [0, 0.1) is 11.6 Å². The molecule has 3 nitrogen and oxygen atoms in total. The molecule has 2 heterocycles. The molecule has 0 atom stereocenters. The molecule has 0 spiro atoms. The monoisotopic (exact) mass is 231 g/mol. The average molecular weight is 231 g/mol. The van der Waals surface area contributed by atoms with Gasteiger partial charge >= 0.3 is 0 Å². The third-order valence-corrected chi connectivity index (χ3v) is 2.53. The predicted molar refractivity (Wildman–Crippen MR) is 59.2 cm³/mol. The highest BCUT2D eigenvalue weighted by molar-refractivity contribution is 5.80. The van der Waals surface area contributed by atoms with E-state index in [0.29, 0.717) is 11.2 Å². The fourth-order valence-corrected chi connectivity index (χ4v) is 1.70. The zero-order chi connectivity index (χ0) is 11.8. The van der Waals surface area contributed by atoms with Crippen molar-refractivity contribution in [2.45, 2.75) is 0 Å². The van der Waals surface area contributed by atoms with Gasteiger partial charge in [0.05, 0.1) is 6.20 Å². The van der Waals surface area contributed by atoms with Crippen LogP contribution in [0.15, 0.2) is 36.7 Å². The maximum Gasteiger partial charge on any atom is 0.155 e. The first kappa shape index (κ1) is 9.89. The molecular weight excluding hydrogens is 224 g/mol. The summed E-state index contributed by atoms with van der Waals surface area (Å²) < 4.78 is 26.6. The van der Waals surface area contributed by atoms with Crippen molar-refractivity contribution in [1.29, 1.82) is 0 Å². The van der Waals surface area contributed by atoms with E-state index >= 15 is 0 Å². The van der Waals surface area contributed by atoms with Crippen LogP contribution in [-0.2, 0) is 0 Å². The molecule has 0 saturated heterocycles. The number of nitrogens with zero attached hydrogens (tertiary/aromatic N) is 2. The van der Waals surface area contributed by atoms with Gasteiger partial charge < -0.3 is 0 Å². The molecule has 1 aromatic carbocycles. The van der Waals surface area contributed by atoms with Crippen LogP contribution in [0.4, 0.5) is 8.78 Å². The van der Waals surface area contributed by atoms with Crippen molar-refractivity contribution in [1.82, 2.24) is 15.2 Å². The quantitative estimate of drug-likeness (QED) is 0.699. The Balaban J connectivity index is 2.22. The van der Waals surface area contributed by atoms with Crippen LogP contribution in [0.3, 0.4) is 0 Å². The number of fused-ring (bicyclic) bond motifs is 1. The molecule has 0 saturated carbocycles. The molecule has 84 valence electrons. The van der Waals surface area contributed by atoms with Gasteiger partial charge in [-0.25, -0.2) is 13.8 Å². The van der Waals surface area contributed by atoms with Gasteiger partial charge in [0.2, 0.25) is 0 Å². The van der Waals surface area contributed by atoms with E-state index in [0.717, 1.165) is 23.6 Å². The van der Waals surface area contributed by atoms with E-state index in [2.05, 4.69) is 15.2 Å². The van der Waals surface area contributed by atoms with E-state index in [-0.39, 0.29) is 5.56 Å². The largest absolute Gasteiger partial charge is 0.261 e. The summed E-state index contributed by atoms with van der Waals surface area (Å²) in [5, 5.41) is 7.27. The molecular formula is C12H7F2N3. The van der Waals surface area contributed by atoms with Crippen LogP contribution in [0.1, 0.15) is 0 Å². The number of halogens is 2. The lowest BCUT2D eigenvalue weighted by Gasteiger charge is -2.03. The summed E-state index contributed by atoms with van der Waals surface area (Å²) in [4.78, 5) is 4.08. The third kappa shape index (κ3) is 1.65. The van der Waals surface area contributed by atoms with E-state index in [4.69, 9.17) is 0 Å². The van der Waals surface area contributed by atoms with Gasteiger partial charge in [0.25, 0.3) is 0 Å². The van der Waals surface area contributed by atoms with Crippen molar-refractivity contribution < 1.29 is 8.78 Å². The molecule has 2 aromatic heterocycles. The van der Waals surface area contributed by atoms with Crippen LogP contribution in [0.25, 0.3) is 22.2 Å². The normalized spacial score (nSPS) is 10.9. The summed E-state index contributed by atoms with van der Waals surface area (Å²) >= 11 is 0. The number of hydrogen-bond acceptors (Lipinski definition) is 2.